The van der Waals surface area contributed by atoms with E-state index in [0.29, 0.717) is 6.42 Å². The minimum absolute atomic E-state index is 0.174. The Bertz CT molecular complexity index is 359. The third-order valence-electron chi connectivity index (χ3n) is 2.77. The molecule has 2 N–H and O–H groups in total. The van der Waals surface area contributed by atoms with Crippen molar-refractivity contribution in [3.05, 3.63) is 17.5 Å². The van der Waals surface area contributed by atoms with Crippen LogP contribution in [0.25, 0.3) is 0 Å². The number of nitrogens with zero attached hydrogens (tertiary/aromatic N) is 2. The SMILES string of the molecule is Cc1[nH]ncc1CNCC(C)(C)CCC#N. The fraction of sp³-hybridized carbons (Fsp3) is 0.667. The summed E-state index contributed by atoms with van der Waals surface area (Å²) in [5.41, 5.74) is 2.49. The summed E-state index contributed by atoms with van der Waals surface area (Å²) >= 11 is 0. The van der Waals surface area contributed by atoms with Gasteiger partial charge in [-0.2, -0.15) is 10.4 Å². The van der Waals surface area contributed by atoms with Gasteiger partial charge in [0.15, 0.2) is 0 Å². The molecular formula is C12H20N4. The van der Waals surface area contributed by atoms with Gasteiger partial charge < -0.3 is 5.32 Å². The topological polar surface area (TPSA) is 64.5 Å². The van der Waals surface area contributed by atoms with Crippen LogP contribution in [0.4, 0.5) is 0 Å². The lowest BCUT2D eigenvalue weighted by Gasteiger charge is -2.23. The van der Waals surface area contributed by atoms with Crippen LogP contribution < -0.4 is 5.32 Å². The number of rotatable bonds is 6. The lowest BCUT2D eigenvalue weighted by atomic mass is 9.88. The second-order valence-electron chi connectivity index (χ2n) is 4.95. The normalized spacial score (nSPS) is 11.4. The van der Waals surface area contributed by atoms with Crippen molar-refractivity contribution >= 4 is 0 Å². The van der Waals surface area contributed by atoms with Crippen molar-refractivity contribution in [1.82, 2.24) is 15.5 Å². The number of H-pyrrole nitrogens is 1. The molecule has 0 aliphatic rings. The molecule has 0 aliphatic carbocycles. The molecule has 0 spiro atoms. The molecule has 4 heteroatoms. The highest BCUT2D eigenvalue weighted by Crippen LogP contribution is 2.20. The van der Waals surface area contributed by atoms with Crippen LogP contribution in [0.1, 0.15) is 37.9 Å². The largest absolute Gasteiger partial charge is 0.312 e. The highest BCUT2D eigenvalue weighted by Gasteiger charge is 2.16. The zero-order valence-corrected chi connectivity index (χ0v) is 10.3. The number of aromatic nitrogens is 2. The number of nitrogens with one attached hydrogen (secondary N) is 2. The van der Waals surface area contributed by atoms with E-state index in [1.54, 1.807) is 0 Å². The lowest BCUT2D eigenvalue weighted by molar-refractivity contribution is 0.317. The van der Waals surface area contributed by atoms with Crippen molar-refractivity contribution in [2.24, 2.45) is 5.41 Å². The summed E-state index contributed by atoms with van der Waals surface area (Å²) in [7, 11) is 0. The number of hydrogen-bond donors (Lipinski definition) is 2. The van der Waals surface area contributed by atoms with Crippen molar-refractivity contribution in [3.8, 4) is 6.07 Å². The number of nitriles is 1. The maximum atomic E-state index is 8.56. The van der Waals surface area contributed by atoms with Gasteiger partial charge in [0, 0.05) is 30.8 Å². The van der Waals surface area contributed by atoms with Gasteiger partial charge in [-0.1, -0.05) is 13.8 Å². The van der Waals surface area contributed by atoms with Crippen LogP contribution in [0.15, 0.2) is 6.20 Å². The Morgan fingerprint density at radius 3 is 2.88 bits per heavy atom. The highest BCUT2D eigenvalue weighted by molar-refractivity contribution is 5.13. The maximum Gasteiger partial charge on any atom is 0.0621 e. The zero-order valence-electron chi connectivity index (χ0n) is 10.3. The third-order valence-corrected chi connectivity index (χ3v) is 2.77. The summed E-state index contributed by atoms with van der Waals surface area (Å²) in [5.74, 6) is 0. The third kappa shape index (κ3) is 4.03. The first-order valence-corrected chi connectivity index (χ1v) is 5.62. The lowest BCUT2D eigenvalue weighted by Crippen LogP contribution is -2.29. The van der Waals surface area contributed by atoms with Crippen LogP contribution >= 0.6 is 0 Å². The summed E-state index contributed by atoms with van der Waals surface area (Å²) in [5, 5.41) is 18.9. The number of aryl methyl sites for hydroxylation is 1. The van der Waals surface area contributed by atoms with E-state index in [-0.39, 0.29) is 5.41 Å². The van der Waals surface area contributed by atoms with Crippen LogP contribution in [0.2, 0.25) is 0 Å². The van der Waals surface area contributed by atoms with Crippen molar-refractivity contribution in [2.45, 2.75) is 40.2 Å². The predicted molar refractivity (Wildman–Crippen MR) is 63.7 cm³/mol. The average Bonchev–Trinajstić information content (AvgIpc) is 2.62. The predicted octanol–water partition coefficient (Wildman–Crippen LogP) is 2.14. The standard InChI is InChI=1S/C12H20N4/c1-10-11(8-15-16-10)7-14-9-12(2,3)5-4-6-13/h8,14H,4-5,7,9H2,1-3H3,(H,15,16). The van der Waals surface area contributed by atoms with Crippen molar-refractivity contribution < 1.29 is 0 Å². The zero-order chi connectivity index (χ0) is 12.0. The Labute approximate surface area is 97.1 Å². The first kappa shape index (κ1) is 12.7. The van der Waals surface area contributed by atoms with Crippen molar-refractivity contribution in [1.29, 1.82) is 5.26 Å². The highest BCUT2D eigenvalue weighted by atomic mass is 15.1. The molecule has 4 nitrogen and oxygen atoms in total. The molecule has 0 aromatic carbocycles. The quantitative estimate of drug-likeness (QED) is 0.772. The number of aromatic amines is 1. The van der Waals surface area contributed by atoms with E-state index in [0.717, 1.165) is 25.2 Å². The van der Waals surface area contributed by atoms with E-state index in [2.05, 4.69) is 35.4 Å². The molecular weight excluding hydrogens is 200 g/mol. The smallest absolute Gasteiger partial charge is 0.0621 e. The van der Waals surface area contributed by atoms with Gasteiger partial charge in [0.1, 0.15) is 0 Å². The molecule has 88 valence electrons. The first-order chi connectivity index (χ1) is 7.55. The molecule has 1 aromatic heterocycles. The summed E-state index contributed by atoms with van der Waals surface area (Å²) in [6, 6.07) is 2.19. The van der Waals surface area contributed by atoms with E-state index < -0.39 is 0 Å². The Hall–Kier alpha value is -1.34. The molecule has 16 heavy (non-hydrogen) atoms. The minimum Gasteiger partial charge on any atom is -0.312 e. The van der Waals surface area contributed by atoms with E-state index >= 15 is 0 Å². The average molecular weight is 220 g/mol. The van der Waals surface area contributed by atoms with Crippen LogP contribution in [0.5, 0.6) is 0 Å². The molecule has 1 heterocycles. The van der Waals surface area contributed by atoms with Gasteiger partial charge in [0.25, 0.3) is 0 Å². The fourth-order valence-corrected chi connectivity index (χ4v) is 1.57. The van der Waals surface area contributed by atoms with Gasteiger partial charge >= 0.3 is 0 Å². The molecule has 0 saturated carbocycles. The van der Waals surface area contributed by atoms with E-state index in [1.807, 2.05) is 13.1 Å². The second kappa shape index (κ2) is 5.66. The van der Waals surface area contributed by atoms with Crippen LogP contribution in [-0.2, 0) is 6.54 Å². The summed E-state index contributed by atoms with van der Waals surface area (Å²) in [6.07, 6.45) is 3.41. The van der Waals surface area contributed by atoms with Gasteiger partial charge in [0.05, 0.1) is 12.3 Å². The van der Waals surface area contributed by atoms with E-state index in [1.165, 1.54) is 5.56 Å². The molecule has 0 radical (unpaired) electrons. The molecule has 0 amide bonds. The molecule has 1 rings (SSSR count). The molecule has 0 saturated heterocycles. The summed E-state index contributed by atoms with van der Waals surface area (Å²) < 4.78 is 0. The monoisotopic (exact) mass is 220 g/mol. The molecule has 0 bridgehead atoms. The second-order valence-corrected chi connectivity index (χ2v) is 4.95. The Morgan fingerprint density at radius 1 is 1.56 bits per heavy atom. The molecule has 0 aliphatic heterocycles. The Kier molecular flexibility index (Phi) is 4.51. The Morgan fingerprint density at radius 2 is 2.31 bits per heavy atom. The van der Waals surface area contributed by atoms with Crippen molar-refractivity contribution in [3.63, 3.8) is 0 Å². The summed E-state index contributed by atoms with van der Waals surface area (Å²) in [4.78, 5) is 0. The summed E-state index contributed by atoms with van der Waals surface area (Å²) in [6.45, 7) is 8.13. The molecule has 0 atom stereocenters. The van der Waals surface area contributed by atoms with Gasteiger partial charge in [-0.25, -0.2) is 0 Å². The molecule has 0 unspecified atom stereocenters. The van der Waals surface area contributed by atoms with Crippen LogP contribution in [0.3, 0.4) is 0 Å². The minimum atomic E-state index is 0.174. The van der Waals surface area contributed by atoms with Gasteiger partial charge in [-0.15, -0.1) is 0 Å². The fourth-order valence-electron chi connectivity index (χ4n) is 1.57. The van der Waals surface area contributed by atoms with E-state index in [4.69, 9.17) is 5.26 Å². The van der Waals surface area contributed by atoms with Gasteiger partial charge in [-0.3, -0.25) is 5.10 Å². The first-order valence-electron chi connectivity index (χ1n) is 5.62. The Balaban J connectivity index is 2.30. The van der Waals surface area contributed by atoms with Crippen molar-refractivity contribution in [2.75, 3.05) is 6.54 Å². The molecule has 1 aromatic rings. The number of hydrogen-bond acceptors (Lipinski definition) is 3. The molecule has 0 fully saturated rings. The van der Waals surface area contributed by atoms with Crippen LogP contribution in [0, 0.1) is 23.7 Å². The van der Waals surface area contributed by atoms with Gasteiger partial charge in [0.2, 0.25) is 0 Å². The maximum absolute atomic E-state index is 8.56. The van der Waals surface area contributed by atoms with Crippen LogP contribution in [-0.4, -0.2) is 16.7 Å². The van der Waals surface area contributed by atoms with Gasteiger partial charge in [-0.05, 0) is 18.8 Å². The van der Waals surface area contributed by atoms with E-state index in [9.17, 15) is 0 Å².